The van der Waals surface area contributed by atoms with E-state index in [1.54, 1.807) is 16.2 Å². The normalized spacial score (nSPS) is 15.1. The summed E-state index contributed by atoms with van der Waals surface area (Å²) in [4.78, 5) is 24.5. The molecule has 1 fully saturated rings. The maximum atomic E-state index is 12.2. The van der Waals surface area contributed by atoms with Gasteiger partial charge in [-0.05, 0) is 48.1 Å². The van der Waals surface area contributed by atoms with Crippen LogP contribution in [0, 0.1) is 0 Å². The molecule has 7 nitrogen and oxygen atoms in total. The number of benzene rings is 1. The number of aryl methyl sites for hydroxylation is 2. The first kappa shape index (κ1) is 17.2. The number of urea groups is 1. The molecule has 2 aliphatic rings. The average Bonchev–Trinajstić information content (AvgIpc) is 3.40. The Morgan fingerprint density at radius 3 is 3.04 bits per heavy atom. The first-order valence-electron chi connectivity index (χ1n) is 9.20. The lowest BCUT2D eigenvalue weighted by Gasteiger charge is -2.17. The lowest BCUT2D eigenvalue weighted by Crippen LogP contribution is -2.32. The maximum absolute atomic E-state index is 12.2. The van der Waals surface area contributed by atoms with Gasteiger partial charge in [0, 0.05) is 34.6 Å². The van der Waals surface area contributed by atoms with Gasteiger partial charge in [0.25, 0.3) is 0 Å². The Hall–Kier alpha value is -2.97. The Morgan fingerprint density at radius 2 is 2.14 bits per heavy atom. The van der Waals surface area contributed by atoms with Crippen LogP contribution in [0.5, 0.6) is 0 Å². The Kier molecular flexibility index (Phi) is 4.42. The molecule has 1 aliphatic carbocycles. The Morgan fingerprint density at radius 1 is 1.21 bits per heavy atom. The second-order valence-corrected chi connectivity index (χ2v) is 7.76. The van der Waals surface area contributed by atoms with Gasteiger partial charge in [0.15, 0.2) is 0 Å². The minimum absolute atomic E-state index is 0.162. The summed E-state index contributed by atoms with van der Waals surface area (Å²) in [6.07, 6.45) is 3.94. The highest BCUT2D eigenvalue weighted by Gasteiger charge is 2.20. The fraction of sp³-hybridized carbons (Fsp3) is 0.250. The van der Waals surface area contributed by atoms with Crippen LogP contribution in [0.3, 0.4) is 0 Å². The van der Waals surface area contributed by atoms with Crippen LogP contribution in [-0.4, -0.2) is 40.8 Å². The zero-order valence-corrected chi connectivity index (χ0v) is 16.0. The quantitative estimate of drug-likeness (QED) is 0.706. The van der Waals surface area contributed by atoms with Gasteiger partial charge in [-0.3, -0.25) is 4.90 Å². The van der Waals surface area contributed by atoms with Crippen LogP contribution in [-0.2, 0) is 17.6 Å². The van der Waals surface area contributed by atoms with E-state index in [0.29, 0.717) is 31.5 Å². The van der Waals surface area contributed by atoms with E-state index in [-0.39, 0.29) is 6.03 Å². The summed E-state index contributed by atoms with van der Waals surface area (Å²) >= 11 is 1.78. The minimum atomic E-state index is -0.162. The Labute approximate surface area is 166 Å². The number of ether oxygens (including phenoxy) is 1. The largest absolute Gasteiger partial charge is 0.359 e. The summed E-state index contributed by atoms with van der Waals surface area (Å²) in [6, 6.07) is 9.50. The number of thiophene rings is 1. The van der Waals surface area contributed by atoms with Gasteiger partial charge >= 0.3 is 6.03 Å². The third-order valence-corrected chi connectivity index (χ3v) is 5.88. The van der Waals surface area contributed by atoms with E-state index in [1.165, 1.54) is 16.0 Å². The van der Waals surface area contributed by atoms with Gasteiger partial charge in [0.05, 0.1) is 12.3 Å². The number of amides is 2. The predicted octanol–water partition coefficient (Wildman–Crippen LogP) is 3.87. The molecular weight excluding hydrogens is 374 g/mol. The van der Waals surface area contributed by atoms with Crippen molar-refractivity contribution < 1.29 is 9.53 Å². The summed E-state index contributed by atoms with van der Waals surface area (Å²) in [6.45, 7) is 1.52. The van der Waals surface area contributed by atoms with Crippen molar-refractivity contribution in [3.05, 3.63) is 52.3 Å². The van der Waals surface area contributed by atoms with Gasteiger partial charge in [-0.1, -0.05) is 6.07 Å². The van der Waals surface area contributed by atoms with E-state index in [9.17, 15) is 4.79 Å². The molecule has 2 aromatic heterocycles. The molecule has 0 atom stereocenters. The minimum Gasteiger partial charge on any atom is -0.359 e. The second-order valence-electron chi connectivity index (χ2n) is 6.76. The van der Waals surface area contributed by atoms with Crippen molar-refractivity contribution in [3.8, 4) is 11.3 Å². The standard InChI is InChI=1S/C20H19N5O2S/c26-20(25-7-8-27-12-25)23-15-3-1-2-14(10-15)22-19-21-11-13-4-5-17-16(6-9-28-17)18(13)24-19/h1-3,6,9-11H,4-5,7-8,12H2,(H,23,26)(H,21,22,24). The van der Waals surface area contributed by atoms with Crippen LogP contribution >= 0.6 is 11.3 Å². The number of aromatic nitrogens is 2. The Balaban J connectivity index is 1.34. The summed E-state index contributed by atoms with van der Waals surface area (Å²) in [5.41, 5.74) is 4.94. The van der Waals surface area contributed by atoms with E-state index in [1.807, 2.05) is 30.5 Å². The number of hydrogen-bond acceptors (Lipinski definition) is 6. The van der Waals surface area contributed by atoms with Gasteiger partial charge in [0.1, 0.15) is 6.73 Å². The monoisotopic (exact) mass is 393 g/mol. The molecule has 2 N–H and O–H groups in total. The number of nitrogens with zero attached hydrogens (tertiary/aromatic N) is 3. The van der Waals surface area contributed by atoms with E-state index in [4.69, 9.17) is 9.72 Å². The van der Waals surface area contributed by atoms with E-state index in [0.717, 1.165) is 24.2 Å². The van der Waals surface area contributed by atoms with Crippen LogP contribution in [0.25, 0.3) is 11.3 Å². The Bertz CT molecular complexity index is 1030. The number of carbonyl (C=O) groups is 1. The lowest BCUT2D eigenvalue weighted by molar-refractivity contribution is 0.150. The zero-order valence-electron chi connectivity index (χ0n) is 15.1. The van der Waals surface area contributed by atoms with Crippen molar-refractivity contribution in [3.63, 3.8) is 0 Å². The first-order chi connectivity index (χ1) is 13.8. The molecular formula is C20H19N5O2S. The molecule has 2 amide bonds. The topological polar surface area (TPSA) is 79.4 Å². The molecule has 0 unspecified atom stereocenters. The molecule has 0 spiro atoms. The van der Waals surface area contributed by atoms with E-state index < -0.39 is 0 Å². The number of carbonyl (C=O) groups excluding carboxylic acids is 1. The van der Waals surface area contributed by atoms with Crippen LogP contribution < -0.4 is 10.6 Å². The molecule has 3 heterocycles. The molecule has 1 aliphatic heterocycles. The highest BCUT2D eigenvalue weighted by Crippen LogP contribution is 2.35. The summed E-state index contributed by atoms with van der Waals surface area (Å²) in [5, 5.41) is 8.27. The number of fused-ring (bicyclic) bond motifs is 3. The van der Waals surface area contributed by atoms with Crippen molar-refractivity contribution in [2.24, 2.45) is 0 Å². The molecule has 0 bridgehead atoms. The summed E-state index contributed by atoms with van der Waals surface area (Å²) in [5.74, 6) is 0.550. The highest BCUT2D eigenvalue weighted by atomic mass is 32.1. The molecule has 28 heavy (non-hydrogen) atoms. The van der Waals surface area contributed by atoms with E-state index >= 15 is 0 Å². The van der Waals surface area contributed by atoms with Gasteiger partial charge in [-0.15, -0.1) is 11.3 Å². The molecule has 5 rings (SSSR count). The van der Waals surface area contributed by atoms with Crippen LogP contribution in [0.4, 0.5) is 22.1 Å². The van der Waals surface area contributed by atoms with Crippen molar-refractivity contribution in [1.29, 1.82) is 0 Å². The molecule has 8 heteroatoms. The number of hydrogen-bond donors (Lipinski definition) is 2. The van der Waals surface area contributed by atoms with Crippen LogP contribution in [0.2, 0.25) is 0 Å². The smallest absolute Gasteiger partial charge is 0.323 e. The number of rotatable bonds is 3. The number of anilines is 3. The van der Waals surface area contributed by atoms with Gasteiger partial charge in [-0.25, -0.2) is 14.8 Å². The second kappa shape index (κ2) is 7.21. The summed E-state index contributed by atoms with van der Waals surface area (Å²) in [7, 11) is 0. The van der Waals surface area contributed by atoms with Crippen molar-refractivity contribution in [2.45, 2.75) is 12.8 Å². The van der Waals surface area contributed by atoms with Gasteiger partial charge < -0.3 is 15.4 Å². The average molecular weight is 393 g/mol. The molecule has 1 aromatic carbocycles. The SMILES string of the molecule is O=C(Nc1cccc(Nc2ncc3c(n2)-c2ccsc2CC3)c1)N1CCOC1. The highest BCUT2D eigenvalue weighted by molar-refractivity contribution is 7.10. The van der Waals surface area contributed by atoms with Crippen molar-refractivity contribution in [2.75, 3.05) is 30.5 Å². The van der Waals surface area contributed by atoms with Crippen LogP contribution in [0.1, 0.15) is 10.4 Å². The van der Waals surface area contributed by atoms with Crippen LogP contribution in [0.15, 0.2) is 41.9 Å². The molecule has 0 radical (unpaired) electrons. The molecule has 142 valence electrons. The lowest BCUT2D eigenvalue weighted by atomic mass is 9.96. The molecule has 1 saturated heterocycles. The van der Waals surface area contributed by atoms with Gasteiger partial charge in [0.2, 0.25) is 5.95 Å². The van der Waals surface area contributed by atoms with Gasteiger partial charge in [-0.2, -0.15) is 0 Å². The fourth-order valence-electron chi connectivity index (χ4n) is 3.46. The fourth-order valence-corrected chi connectivity index (χ4v) is 4.34. The third-order valence-electron chi connectivity index (χ3n) is 4.90. The summed E-state index contributed by atoms with van der Waals surface area (Å²) < 4.78 is 5.22. The maximum Gasteiger partial charge on any atom is 0.323 e. The van der Waals surface area contributed by atoms with Crippen molar-refractivity contribution in [1.82, 2.24) is 14.9 Å². The first-order valence-corrected chi connectivity index (χ1v) is 10.1. The predicted molar refractivity (Wildman–Crippen MR) is 109 cm³/mol. The van der Waals surface area contributed by atoms with E-state index in [2.05, 4.69) is 27.1 Å². The third kappa shape index (κ3) is 3.32. The number of nitrogens with one attached hydrogen (secondary N) is 2. The molecule has 0 saturated carbocycles. The zero-order chi connectivity index (χ0) is 18.9. The van der Waals surface area contributed by atoms with Crippen molar-refractivity contribution >= 4 is 34.7 Å². The molecule has 3 aromatic rings.